The highest BCUT2D eigenvalue weighted by molar-refractivity contribution is 5.94. The van der Waals surface area contributed by atoms with Crippen molar-refractivity contribution in [3.63, 3.8) is 0 Å². The molecular formula is C14H19FN2O. The number of hydrogen-bond donors (Lipinski definition) is 2. The van der Waals surface area contributed by atoms with Crippen LogP contribution in [0.3, 0.4) is 0 Å². The van der Waals surface area contributed by atoms with Gasteiger partial charge in [0.2, 0.25) is 0 Å². The predicted octanol–water partition coefficient (Wildman–Crippen LogP) is 2.00. The summed E-state index contributed by atoms with van der Waals surface area (Å²) < 4.78 is 13.2. The summed E-state index contributed by atoms with van der Waals surface area (Å²) in [6.07, 6.45) is 2.02. The van der Waals surface area contributed by atoms with Crippen LogP contribution in [0.1, 0.15) is 35.7 Å². The van der Waals surface area contributed by atoms with Crippen LogP contribution in [0.2, 0.25) is 0 Å². The number of piperidine rings is 1. The van der Waals surface area contributed by atoms with Gasteiger partial charge in [0, 0.05) is 24.2 Å². The summed E-state index contributed by atoms with van der Waals surface area (Å²) in [4.78, 5) is 12.0. The topological polar surface area (TPSA) is 41.1 Å². The van der Waals surface area contributed by atoms with E-state index >= 15 is 0 Å². The van der Waals surface area contributed by atoms with Gasteiger partial charge in [0.1, 0.15) is 5.82 Å². The van der Waals surface area contributed by atoms with Crippen LogP contribution in [0.5, 0.6) is 0 Å². The summed E-state index contributed by atoms with van der Waals surface area (Å²) in [5, 5.41) is 6.26. The van der Waals surface area contributed by atoms with Gasteiger partial charge in [-0.1, -0.05) is 0 Å². The van der Waals surface area contributed by atoms with E-state index in [0.29, 0.717) is 11.6 Å². The number of rotatable bonds is 2. The SMILES string of the molecule is Cc1cc(F)cc(C(=O)NC2CCC(C)NC2)c1. The lowest BCUT2D eigenvalue weighted by Crippen LogP contribution is -2.48. The minimum absolute atomic E-state index is 0.136. The lowest BCUT2D eigenvalue weighted by molar-refractivity contribution is 0.0927. The Hall–Kier alpha value is -1.42. The monoisotopic (exact) mass is 250 g/mol. The molecule has 3 nitrogen and oxygen atoms in total. The minimum atomic E-state index is -0.365. The van der Waals surface area contributed by atoms with Gasteiger partial charge < -0.3 is 10.6 Å². The summed E-state index contributed by atoms with van der Waals surface area (Å²) in [5.74, 6) is -0.561. The Balaban J connectivity index is 1.99. The number of aryl methyl sites for hydroxylation is 1. The molecule has 2 unspecified atom stereocenters. The molecule has 1 aromatic carbocycles. The Kier molecular flexibility index (Phi) is 3.97. The van der Waals surface area contributed by atoms with Gasteiger partial charge in [-0.05, 0) is 50.5 Å². The Morgan fingerprint density at radius 1 is 1.39 bits per heavy atom. The molecule has 1 aliphatic heterocycles. The van der Waals surface area contributed by atoms with Gasteiger partial charge in [0.05, 0.1) is 0 Å². The Bertz CT molecular complexity index is 419. The van der Waals surface area contributed by atoms with Crippen LogP contribution in [-0.4, -0.2) is 24.5 Å². The van der Waals surface area contributed by atoms with Crippen molar-refractivity contribution in [2.24, 2.45) is 0 Å². The van der Waals surface area contributed by atoms with Gasteiger partial charge in [0.25, 0.3) is 5.91 Å². The van der Waals surface area contributed by atoms with Gasteiger partial charge in [-0.3, -0.25) is 4.79 Å². The van der Waals surface area contributed by atoms with Crippen molar-refractivity contribution in [3.8, 4) is 0 Å². The quantitative estimate of drug-likeness (QED) is 0.843. The fourth-order valence-corrected chi connectivity index (χ4v) is 2.26. The number of halogens is 1. The fraction of sp³-hybridized carbons (Fsp3) is 0.500. The van der Waals surface area contributed by atoms with Gasteiger partial charge in [-0.15, -0.1) is 0 Å². The zero-order valence-electron chi connectivity index (χ0n) is 10.8. The van der Waals surface area contributed by atoms with Crippen molar-refractivity contribution < 1.29 is 9.18 Å². The highest BCUT2D eigenvalue weighted by Crippen LogP contribution is 2.11. The van der Waals surface area contributed by atoms with Crippen LogP contribution in [0.15, 0.2) is 18.2 Å². The minimum Gasteiger partial charge on any atom is -0.348 e. The normalized spacial score (nSPS) is 23.7. The van der Waals surface area contributed by atoms with Crippen molar-refractivity contribution in [2.45, 2.75) is 38.8 Å². The van der Waals surface area contributed by atoms with E-state index in [1.165, 1.54) is 12.1 Å². The molecule has 2 rings (SSSR count). The third-order valence-electron chi connectivity index (χ3n) is 3.30. The van der Waals surface area contributed by atoms with Crippen LogP contribution in [0, 0.1) is 12.7 Å². The number of benzene rings is 1. The van der Waals surface area contributed by atoms with E-state index in [4.69, 9.17) is 0 Å². The van der Waals surface area contributed by atoms with Crippen molar-refractivity contribution in [3.05, 3.63) is 35.1 Å². The van der Waals surface area contributed by atoms with E-state index in [1.807, 2.05) is 0 Å². The second kappa shape index (κ2) is 5.48. The molecule has 0 aromatic heterocycles. The van der Waals surface area contributed by atoms with Crippen molar-refractivity contribution in [1.29, 1.82) is 0 Å². The molecule has 4 heteroatoms. The second-order valence-corrected chi connectivity index (χ2v) is 5.07. The molecule has 18 heavy (non-hydrogen) atoms. The first-order valence-electron chi connectivity index (χ1n) is 6.36. The lowest BCUT2D eigenvalue weighted by atomic mass is 10.0. The molecule has 0 spiro atoms. The molecule has 1 saturated heterocycles. The molecular weight excluding hydrogens is 231 g/mol. The third-order valence-corrected chi connectivity index (χ3v) is 3.30. The number of hydrogen-bond acceptors (Lipinski definition) is 2. The van der Waals surface area contributed by atoms with E-state index in [0.717, 1.165) is 24.9 Å². The Morgan fingerprint density at radius 2 is 2.17 bits per heavy atom. The maximum atomic E-state index is 13.2. The standard InChI is InChI=1S/C14H19FN2O/c1-9-5-11(7-12(15)6-9)14(18)17-13-4-3-10(2)16-8-13/h5-7,10,13,16H,3-4,8H2,1-2H3,(H,17,18). The summed E-state index contributed by atoms with van der Waals surface area (Å²) in [6, 6.07) is 5.05. The van der Waals surface area contributed by atoms with E-state index in [2.05, 4.69) is 17.6 Å². The van der Waals surface area contributed by atoms with Crippen molar-refractivity contribution >= 4 is 5.91 Å². The molecule has 2 N–H and O–H groups in total. The van der Waals surface area contributed by atoms with Crippen LogP contribution in [-0.2, 0) is 0 Å². The molecule has 0 bridgehead atoms. The molecule has 2 atom stereocenters. The maximum absolute atomic E-state index is 13.2. The highest BCUT2D eigenvalue weighted by Gasteiger charge is 2.19. The third kappa shape index (κ3) is 3.29. The van der Waals surface area contributed by atoms with E-state index in [9.17, 15) is 9.18 Å². The average Bonchev–Trinajstić information content (AvgIpc) is 2.31. The molecule has 0 radical (unpaired) electrons. The number of carbonyl (C=O) groups is 1. The number of amides is 1. The molecule has 1 fully saturated rings. The second-order valence-electron chi connectivity index (χ2n) is 5.07. The summed E-state index contributed by atoms with van der Waals surface area (Å²) >= 11 is 0. The van der Waals surface area contributed by atoms with Gasteiger partial charge in [-0.2, -0.15) is 0 Å². The van der Waals surface area contributed by atoms with Crippen molar-refractivity contribution in [1.82, 2.24) is 10.6 Å². The summed E-state index contributed by atoms with van der Waals surface area (Å²) in [7, 11) is 0. The Morgan fingerprint density at radius 3 is 2.78 bits per heavy atom. The van der Waals surface area contributed by atoms with E-state index in [1.54, 1.807) is 13.0 Å². The van der Waals surface area contributed by atoms with E-state index < -0.39 is 0 Å². The first-order chi connectivity index (χ1) is 8.54. The largest absolute Gasteiger partial charge is 0.348 e. The molecule has 1 heterocycles. The zero-order valence-corrected chi connectivity index (χ0v) is 10.8. The van der Waals surface area contributed by atoms with Crippen molar-refractivity contribution in [2.75, 3.05) is 6.54 Å². The Labute approximate surface area is 107 Å². The van der Waals surface area contributed by atoms with Gasteiger partial charge in [0.15, 0.2) is 0 Å². The summed E-state index contributed by atoms with van der Waals surface area (Å²) in [6.45, 7) is 4.69. The zero-order chi connectivity index (χ0) is 13.1. The summed E-state index contributed by atoms with van der Waals surface area (Å²) in [5.41, 5.74) is 1.15. The molecule has 0 aliphatic carbocycles. The van der Waals surface area contributed by atoms with Crippen LogP contribution < -0.4 is 10.6 Å². The highest BCUT2D eigenvalue weighted by atomic mass is 19.1. The maximum Gasteiger partial charge on any atom is 0.251 e. The molecule has 98 valence electrons. The first-order valence-corrected chi connectivity index (χ1v) is 6.36. The molecule has 0 saturated carbocycles. The fourth-order valence-electron chi connectivity index (χ4n) is 2.26. The molecule has 1 aromatic rings. The van der Waals surface area contributed by atoms with E-state index in [-0.39, 0.29) is 17.8 Å². The van der Waals surface area contributed by atoms with Gasteiger partial charge >= 0.3 is 0 Å². The average molecular weight is 250 g/mol. The van der Waals surface area contributed by atoms with Crippen LogP contribution >= 0.6 is 0 Å². The number of nitrogens with one attached hydrogen (secondary N) is 2. The van der Waals surface area contributed by atoms with Gasteiger partial charge in [-0.25, -0.2) is 4.39 Å². The van der Waals surface area contributed by atoms with Crippen LogP contribution in [0.4, 0.5) is 4.39 Å². The van der Waals surface area contributed by atoms with Crippen LogP contribution in [0.25, 0.3) is 0 Å². The predicted molar refractivity (Wildman–Crippen MR) is 69.1 cm³/mol. The smallest absolute Gasteiger partial charge is 0.251 e. The lowest BCUT2D eigenvalue weighted by Gasteiger charge is -2.28. The first kappa shape index (κ1) is 13.0. The molecule has 1 amide bonds. The molecule has 1 aliphatic rings. The number of carbonyl (C=O) groups excluding carboxylic acids is 1.